The largest absolute Gasteiger partial charge is 0.493 e. The van der Waals surface area contributed by atoms with Crippen LogP contribution < -0.4 is 9.47 Å². The first-order valence-corrected chi connectivity index (χ1v) is 5.02. The third-order valence-electron chi connectivity index (χ3n) is 1.97. The van der Waals surface area contributed by atoms with Crippen molar-refractivity contribution in [2.24, 2.45) is 0 Å². The molecule has 1 atom stereocenters. The zero-order valence-corrected chi connectivity index (χ0v) is 9.56. The van der Waals surface area contributed by atoms with Crippen molar-refractivity contribution in [2.75, 3.05) is 7.11 Å². The molecule has 0 heterocycles. The number of hydrogen-bond acceptors (Lipinski definition) is 3. The number of halogens is 2. The van der Waals surface area contributed by atoms with Gasteiger partial charge in [-0.25, -0.2) is 0 Å². The van der Waals surface area contributed by atoms with Crippen LogP contribution in [0.2, 0.25) is 0 Å². The van der Waals surface area contributed by atoms with Gasteiger partial charge in [-0.15, -0.1) is 0 Å². The topological polar surface area (TPSA) is 38.7 Å². The molecule has 0 fully saturated rings. The van der Waals surface area contributed by atoms with Crippen LogP contribution in [0.4, 0.5) is 8.78 Å². The van der Waals surface area contributed by atoms with Crippen LogP contribution in [0.25, 0.3) is 6.08 Å². The smallest absolute Gasteiger partial charge is 0.387 e. The summed E-state index contributed by atoms with van der Waals surface area (Å²) in [6, 6.07) is 4.62. The maximum atomic E-state index is 12.1. The van der Waals surface area contributed by atoms with Crippen LogP contribution in [-0.4, -0.2) is 24.9 Å². The predicted octanol–water partition coefficient (Wildman–Crippen LogP) is 2.69. The minimum Gasteiger partial charge on any atom is -0.493 e. The van der Waals surface area contributed by atoms with Gasteiger partial charge in [0, 0.05) is 0 Å². The van der Waals surface area contributed by atoms with E-state index in [2.05, 4.69) is 4.74 Å². The molecule has 5 heteroatoms. The van der Waals surface area contributed by atoms with Crippen molar-refractivity contribution in [1.82, 2.24) is 0 Å². The van der Waals surface area contributed by atoms with Crippen LogP contribution in [0.3, 0.4) is 0 Å². The van der Waals surface area contributed by atoms with Crippen LogP contribution in [0, 0.1) is 0 Å². The van der Waals surface area contributed by atoms with Crippen molar-refractivity contribution >= 4 is 6.08 Å². The first-order valence-electron chi connectivity index (χ1n) is 5.02. The van der Waals surface area contributed by atoms with Gasteiger partial charge in [0.1, 0.15) is 0 Å². The van der Waals surface area contributed by atoms with Crippen molar-refractivity contribution < 1.29 is 23.4 Å². The molecule has 0 saturated carbocycles. The number of methoxy groups -OCH3 is 1. The van der Waals surface area contributed by atoms with E-state index in [1.165, 1.54) is 25.3 Å². The van der Waals surface area contributed by atoms with Gasteiger partial charge in [-0.1, -0.05) is 18.2 Å². The third kappa shape index (κ3) is 4.40. The van der Waals surface area contributed by atoms with E-state index in [-0.39, 0.29) is 11.5 Å². The minimum absolute atomic E-state index is 0.0322. The highest BCUT2D eigenvalue weighted by Gasteiger charge is 2.10. The minimum atomic E-state index is -2.90. The van der Waals surface area contributed by atoms with Gasteiger partial charge in [-0.05, 0) is 24.6 Å². The van der Waals surface area contributed by atoms with Gasteiger partial charge >= 0.3 is 6.61 Å². The van der Waals surface area contributed by atoms with Gasteiger partial charge in [0.15, 0.2) is 11.5 Å². The zero-order chi connectivity index (χ0) is 12.8. The van der Waals surface area contributed by atoms with Crippen LogP contribution in [0.1, 0.15) is 12.5 Å². The second-order valence-electron chi connectivity index (χ2n) is 3.39. The molecule has 0 spiro atoms. The summed E-state index contributed by atoms with van der Waals surface area (Å²) in [5, 5.41) is 9.07. The lowest BCUT2D eigenvalue weighted by Gasteiger charge is -2.10. The lowest BCUT2D eigenvalue weighted by atomic mass is 10.1. The van der Waals surface area contributed by atoms with E-state index in [0.717, 1.165) is 0 Å². The summed E-state index contributed by atoms with van der Waals surface area (Å²) in [5.74, 6) is 0.203. The molecular formula is C12H14F2O3. The molecule has 0 aliphatic carbocycles. The SMILES string of the molecule is COc1ccc(/C=C/C(C)O)cc1OC(F)F. The molecule has 1 aromatic rings. The molecule has 1 unspecified atom stereocenters. The fourth-order valence-electron chi connectivity index (χ4n) is 1.24. The molecule has 0 amide bonds. The molecule has 1 N–H and O–H groups in total. The molecule has 0 bridgehead atoms. The Balaban J connectivity index is 2.96. The molecule has 1 rings (SSSR count). The maximum absolute atomic E-state index is 12.1. The predicted molar refractivity (Wildman–Crippen MR) is 60.3 cm³/mol. The van der Waals surface area contributed by atoms with Crippen LogP contribution in [-0.2, 0) is 0 Å². The molecular weight excluding hydrogens is 230 g/mol. The fourth-order valence-corrected chi connectivity index (χ4v) is 1.24. The van der Waals surface area contributed by atoms with Gasteiger partial charge < -0.3 is 14.6 Å². The van der Waals surface area contributed by atoms with Gasteiger partial charge in [0.05, 0.1) is 13.2 Å². The summed E-state index contributed by atoms with van der Waals surface area (Å²) in [6.07, 6.45) is 2.55. The van der Waals surface area contributed by atoms with Gasteiger partial charge in [-0.2, -0.15) is 8.78 Å². The summed E-state index contributed by atoms with van der Waals surface area (Å²) in [4.78, 5) is 0. The van der Waals surface area contributed by atoms with E-state index >= 15 is 0 Å². The Hall–Kier alpha value is -1.62. The first-order chi connectivity index (χ1) is 8.02. The van der Waals surface area contributed by atoms with E-state index < -0.39 is 12.7 Å². The van der Waals surface area contributed by atoms with E-state index in [1.54, 1.807) is 19.1 Å². The molecule has 94 valence electrons. The van der Waals surface area contributed by atoms with E-state index in [1.807, 2.05) is 0 Å². The number of alkyl halides is 2. The van der Waals surface area contributed by atoms with Crippen LogP contribution in [0.15, 0.2) is 24.3 Å². The average molecular weight is 244 g/mol. The van der Waals surface area contributed by atoms with Crippen molar-refractivity contribution in [3.8, 4) is 11.5 Å². The molecule has 0 aliphatic heterocycles. The Bertz CT molecular complexity index is 389. The molecule has 0 radical (unpaired) electrons. The molecule has 0 aliphatic rings. The van der Waals surface area contributed by atoms with Crippen LogP contribution >= 0.6 is 0 Å². The normalized spacial score (nSPS) is 13.1. The highest BCUT2D eigenvalue weighted by atomic mass is 19.3. The third-order valence-corrected chi connectivity index (χ3v) is 1.97. The fraction of sp³-hybridized carbons (Fsp3) is 0.333. The lowest BCUT2D eigenvalue weighted by molar-refractivity contribution is -0.0512. The van der Waals surface area contributed by atoms with E-state index in [9.17, 15) is 8.78 Å². The number of benzene rings is 1. The lowest BCUT2D eigenvalue weighted by Crippen LogP contribution is -2.03. The van der Waals surface area contributed by atoms with Crippen LogP contribution in [0.5, 0.6) is 11.5 Å². The van der Waals surface area contributed by atoms with Crippen molar-refractivity contribution in [2.45, 2.75) is 19.6 Å². The van der Waals surface area contributed by atoms with Crippen molar-refractivity contribution in [3.05, 3.63) is 29.8 Å². The monoisotopic (exact) mass is 244 g/mol. The second kappa shape index (κ2) is 6.20. The Labute approximate surface area is 98.3 Å². The molecule has 1 aromatic carbocycles. The number of hydrogen-bond donors (Lipinski definition) is 1. The summed E-state index contributed by atoms with van der Waals surface area (Å²) in [7, 11) is 1.37. The summed E-state index contributed by atoms with van der Waals surface area (Å²) >= 11 is 0. The number of aliphatic hydroxyl groups excluding tert-OH is 1. The molecule has 3 nitrogen and oxygen atoms in total. The number of ether oxygens (including phenoxy) is 2. The molecule has 17 heavy (non-hydrogen) atoms. The Morgan fingerprint density at radius 1 is 1.29 bits per heavy atom. The number of rotatable bonds is 5. The van der Waals surface area contributed by atoms with Gasteiger partial charge in [0.2, 0.25) is 0 Å². The Morgan fingerprint density at radius 2 is 2.00 bits per heavy atom. The second-order valence-corrected chi connectivity index (χ2v) is 3.39. The molecule has 0 saturated heterocycles. The van der Waals surface area contributed by atoms with Crippen molar-refractivity contribution in [3.63, 3.8) is 0 Å². The summed E-state index contributed by atoms with van der Waals surface area (Å²) in [6.45, 7) is -1.31. The highest BCUT2D eigenvalue weighted by molar-refractivity contribution is 5.56. The summed E-state index contributed by atoms with van der Waals surface area (Å²) in [5.41, 5.74) is 0.641. The quantitative estimate of drug-likeness (QED) is 0.865. The summed E-state index contributed by atoms with van der Waals surface area (Å²) < 4.78 is 33.5. The van der Waals surface area contributed by atoms with Crippen molar-refractivity contribution in [1.29, 1.82) is 0 Å². The van der Waals surface area contributed by atoms with Gasteiger partial charge in [-0.3, -0.25) is 0 Å². The van der Waals surface area contributed by atoms with E-state index in [4.69, 9.17) is 9.84 Å². The van der Waals surface area contributed by atoms with E-state index in [0.29, 0.717) is 5.56 Å². The average Bonchev–Trinajstić information content (AvgIpc) is 2.25. The number of aliphatic hydroxyl groups is 1. The Kier molecular flexibility index (Phi) is 4.90. The Morgan fingerprint density at radius 3 is 2.53 bits per heavy atom. The standard InChI is InChI=1S/C12H14F2O3/c1-8(15)3-4-9-5-6-10(16-2)11(7-9)17-12(13)14/h3-8,12,15H,1-2H3/b4-3+. The maximum Gasteiger partial charge on any atom is 0.387 e. The van der Waals surface area contributed by atoms with Gasteiger partial charge in [0.25, 0.3) is 0 Å². The molecule has 0 aromatic heterocycles. The zero-order valence-electron chi connectivity index (χ0n) is 9.56. The first kappa shape index (κ1) is 13.4. The highest BCUT2D eigenvalue weighted by Crippen LogP contribution is 2.29.